The van der Waals surface area contributed by atoms with Gasteiger partial charge in [-0.15, -0.1) is 0 Å². The maximum atomic E-state index is 11.2. The molecular formula is C12H18N2O3. The van der Waals surface area contributed by atoms with Crippen LogP contribution in [-0.4, -0.2) is 12.5 Å². The highest BCUT2D eigenvalue weighted by molar-refractivity contribution is 5.93. The number of nitrogen functional groups attached to an aromatic ring is 1. The normalized spacial score (nSPS) is 16.3. The van der Waals surface area contributed by atoms with Crippen molar-refractivity contribution in [2.75, 3.05) is 6.61 Å². The molecule has 5 nitrogen and oxygen atoms in total. The van der Waals surface area contributed by atoms with E-state index in [0.29, 0.717) is 23.8 Å². The Morgan fingerprint density at radius 1 is 1.53 bits per heavy atom. The second-order valence-electron chi connectivity index (χ2n) is 4.44. The first-order valence-electron chi connectivity index (χ1n) is 5.95. The number of hydrogen-bond acceptors (Lipinski definition) is 4. The number of carbonyl (C=O) groups excluding carboxylic acids is 1. The summed E-state index contributed by atoms with van der Waals surface area (Å²) in [7, 11) is 0. The molecule has 1 fully saturated rings. The summed E-state index contributed by atoms with van der Waals surface area (Å²) in [5.41, 5.74) is 2.48. The smallest absolute Gasteiger partial charge is 0.268 e. The van der Waals surface area contributed by atoms with Gasteiger partial charge in [0.2, 0.25) is 0 Å². The lowest BCUT2D eigenvalue weighted by molar-refractivity contribution is 0.0771. The number of nitrogens with two attached hydrogens (primary N) is 1. The van der Waals surface area contributed by atoms with Crippen molar-refractivity contribution in [3.8, 4) is 0 Å². The van der Waals surface area contributed by atoms with Crippen LogP contribution in [0.15, 0.2) is 16.7 Å². The number of hydrazine groups is 1. The lowest BCUT2D eigenvalue weighted by Crippen LogP contribution is -2.29. The van der Waals surface area contributed by atoms with Gasteiger partial charge < -0.3 is 9.15 Å². The Labute approximate surface area is 100 Å². The lowest BCUT2D eigenvalue weighted by atomic mass is 10.1. The predicted octanol–water partition coefficient (Wildman–Crippen LogP) is 1.59. The highest BCUT2D eigenvalue weighted by Gasteiger charge is 2.15. The van der Waals surface area contributed by atoms with Gasteiger partial charge in [0, 0.05) is 6.61 Å². The molecule has 94 valence electrons. The van der Waals surface area contributed by atoms with Crippen LogP contribution in [0.25, 0.3) is 0 Å². The molecule has 0 unspecified atom stereocenters. The van der Waals surface area contributed by atoms with Crippen molar-refractivity contribution in [3.05, 3.63) is 23.7 Å². The largest absolute Gasteiger partial charge is 0.466 e. The van der Waals surface area contributed by atoms with Crippen molar-refractivity contribution in [1.29, 1.82) is 0 Å². The van der Waals surface area contributed by atoms with E-state index in [2.05, 4.69) is 5.43 Å². The summed E-state index contributed by atoms with van der Waals surface area (Å²) in [5, 5.41) is 0. The molecule has 0 bridgehead atoms. The average Bonchev–Trinajstić information content (AvgIpc) is 2.99. The monoisotopic (exact) mass is 238 g/mol. The second-order valence-corrected chi connectivity index (χ2v) is 4.44. The number of amides is 1. The zero-order valence-corrected chi connectivity index (χ0v) is 9.78. The topological polar surface area (TPSA) is 77.5 Å². The van der Waals surface area contributed by atoms with E-state index in [-0.39, 0.29) is 5.91 Å². The molecular weight excluding hydrogens is 220 g/mol. The van der Waals surface area contributed by atoms with Crippen molar-refractivity contribution in [2.45, 2.75) is 32.3 Å². The molecule has 0 aliphatic heterocycles. The first-order chi connectivity index (χ1) is 8.29. The summed E-state index contributed by atoms with van der Waals surface area (Å²) in [6.45, 7) is 1.19. The zero-order chi connectivity index (χ0) is 12.1. The number of furan rings is 1. The summed E-state index contributed by atoms with van der Waals surface area (Å²) in [6, 6.07) is 1.65. The Hall–Kier alpha value is -1.33. The third-order valence-corrected chi connectivity index (χ3v) is 3.12. The van der Waals surface area contributed by atoms with Gasteiger partial charge in [-0.3, -0.25) is 10.2 Å². The highest BCUT2D eigenvalue weighted by atomic mass is 16.5. The quantitative estimate of drug-likeness (QED) is 0.464. The maximum Gasteiger partial charge on any atom is 0.268 e. The molecule has 0 saturated heterocycles. The van der Waals surface area contributed by atoms with Gasteiger partial charge in [-0.2, -0.15) is 0 Å². The van der Waals surface area contributed by atoms with Gasteiger partial charge in [0.1, 0.15) is 18.6 Å². The summed E-state index contributed by atoms with van der Waals surface area (Å²) in [6.07, 6.45) is 6.54. The number of nitrogens with one attached hydrogen (secondary N) is 1. The molecule has 1 saturated carbocycles. The molecule has 0 atom stereocenters. The van der Waals surface area contributed by atoms with Crippen molar-refractivity contribution in [2.24, 2.45) is 11.8 Å². The first-order valence-corrected chi connectivity index (χ1v) is 5.95. The molecule has 1 aliphatic rings. The molecule has 17 heavy (non-hydrogen) atoms. The third-order valence-electron chi connectivity index (χ3n) is 3.12. The van der Waals surface area contributed by atoms with Gasteiger partial charge in [0.25, 0.3) is 5.91 Å². The number of ether oxygens (including phenoxy) is 1. The van der Waals surface area contributed by atoms with Gasteiger partial charge in [-0.1, -0.05) is 12.8 Å². The first kappa shape index (κ1) is 12.1. The van der Waals surface area contributed by atoms with Crippen LogP contribution in [0.5, 0.6) is 0 Å². The Morgan fingerprint density at radius 3 is 3.00 bits per heavy atom. The molecule has 0 radical (unpaired) electrons. The van der Waals surface area contributed by atoms with Crippen LogP contribution in [0.2, 0.25) is 0 Å². The Balaban J connectivity index is 1.74. The van der Waals surface area contributed by atoms with E-state index in [0.717, 1.165) is 6.61 Å². The molecule has 1 aromatic rings. The minimum atomic E-state index is -0.351. The van der Waals surface area contributed by atoms with Crippen LogP contribution in [0.3, 0.4) is 0 Å². The summed E-state index contributed by atoms with van der Waals surface area (Å²) in [4.78, 5) is 11.2. The minimum Gasteiger partial charge on any atom is -0.466 e. The van der Waals surface area contributed by atoms with Crippen LogP contribution >= 0.6 is 0 Å². The van der Waals surface area contributed by atoms with E-state index in [9.17, 15) is 4.79 Å². The highest BCUT2D eigenvalue weighted by Crippen LogP contribution is 2.25. The van der Waals surface area contributed by atoms with Crippen LogP contribution in [0, 0.1) is 5.92 Å². The average molecular weight is 238 g/mol. The standard InChI is InChI=1S/C12H18N2O3/c13-14-12(15)10-5-11(17-7-10)8-16-6-9-3-1-2-4-9/h5,7,9H,1-4,6,8,13H2,(H,14,15). The summed E-state index contributed by atoms with van der Waals surface area (Å²) < 4.78 is 10.8. The third kappa shape index (κ3) is 3.31. The Kier molecular flexibility index (Phi) is 4.17. The molecule has 5 heteroatoms. The number of hydrogen-bond donors (Lipinski definition) is 2. The van der Waals surface area contributed by atoms with E-state index < -0.39 is 0 Å². The van der Waals surface area contributed by atoms with Crippen LogP contribution in [-0.2, 0) is 11.3 Å². The van der Waals surface area contributed by atoms with Gasteiger partial charge in [0.05, 0.1) is 5.56 Å². The molecule has 1 heterocycles. The predicted molar refractivity (Wildman–Crippen MR) is 62.0 cm³/mol. The van der Waals surface area contributed by atoms with Gasteiger partial charge in [-0.05, 0) is 24.8 Å². The Morgan fingerprint density at radius 2 is 2.29 bits per heavy atom. The minimum absolute atomic E-state index is 0.351. The maximum absolute atomic E-state index is 11.2. The van der Waals surface area contributed by atoms with E-state index in [1.165, 1.54) is 31.9 Å². The van der Waals surface area contributed by atoms with Crippen molar-refractivity contribution in [3.63, 3.8) is 0 Å². The van der Waals surface area contributed by atoms with Gasteiger partial charge in [0.15, 0.2) is 0 Å². The molecule has 1 aliphatic carbocycles. The number of rotatable bonds is 5. The Bertz CT molecular complexity index is 370. The summed E-state index contributed by atoms with van der Waals surface area (Å²) >= 11 is 0. The SMILES string of the molecule is NNC(=O)c1coc(COCC2CCCC2)c1. The van der Waals surface area contributed by atoms with Crippen molar-refractivity contribution in [1.82, 2.24) is 5.43 Å². The molecule has 2 rings (SSSR count). The van der Waals surface area contributed by atoms with Crippen LogP contribution in [0.4, 0.5) is 0 Å². The van der Waals surface area contributed by atoms with Gasteiger partial charge >= 0.3 is 0 Å². The molecule has 3 N–H and O–H groups in total. The zero-order valence-electron chi connectivity index (χ0n) is 9.78. The fraction of sp³-hybridized carbons (Fsp3) is 0.583. The summed E-state index contributed by atoms with van der Waals surface area (Å²) in [5.74, 6) is 6.02. The second kappa shape index (κ2) is 5.84. The molecule has 1 amide bonds. The van der Waals surface area contributed by atoms with E-state index in [1.54, 1.807) is 6.07 Å². The molecule has 1 aromatic heterocycles. The van der Waals surface area contributed by atoms with E-state index in [4.69, 9.17) is 15.0 Å². The van der Waals surface area contributed by atoms with Crippen molar-refractivity contribution < 1.29 is 13.9 Å². The van der Waals surface area contributed by atoms with E-state index >= 15 is 0 Å². The van der Waals surface area contributed by atoms with Crippen LogP contribution < -0.4 is 11.3 Å². The fourth-order valence-corrected chi connectivity index (χ4v) is 2.16. The van der Waals surface area contributed by atoms with Crippen molar-refractivity contribution >= 4 is 5.91 Å². The lowest BCUT2D eigenvalue weighted by Gasteiger charge is -2.08. The van der Waals surface area contributed by atoms with Crippen LogP contribution in [0.1, 0.15) is 41.8 Å². The fourth-order valence-electron chi connectivity index (χ4n) is 2.16. The van der Waals surface area contributed by atoms with Gasteiger partial charge in [-0.25, -0.2) is 5.84 Å². The molecule has 0 spiro atoms. The van der Waals surface area contributed by atoms with E-state index in [1.807, 2.05) is 0 Å². The molecule has 0 aromatic carbocycles. The number of carbonyl (C=O) groups is 1.